The molecule has 14 heteroatoms. The van der Waals surface area contributed by atoms with Gasteiger partial charge in [-0.05, 0) is 48.9 Å². The molecule has 0 bridgehead atoms. The van der Waals surface area contributed by atoms with Crippen molar-refractivity contribution < 1.29 is 26.4 Å². The summed E-state index contributed by atoms with van der Waals surface area (Å²) in [5.41, 5.74) is 5.43. The lowest BCUT2D eigenvalue weighted by atomic mass is 9.97. The van der Waals surface area contributed by atoms with Gasteiger partial charge in [0, 0.05) is 64.0 Å². The molecule has 3 aliphatic rings. The van der Waals surface area contributed by atoms with Crippen molar-refractivity contribution >= 4 is 39.0 Å². The second-order valence-corrected chi connectivity index (χ2v) is 12.2. The van der Waals surface area contributed by atoms with Crippen molar-refractivity contribution in [3.63, 3.8) is 0 Å². The fraction of sp³-hybridized carbons (Fsp3) is 0.500. The molecule has 5 rings (SSSR count). The van der Waals surface area contributed by atoms with E-state index >= 15 is 0 Å². The topological polar surface area (TPSA) is 103 Å². The van der Waals surface area contributed by atoms with Gasteiger partial charge in [-0.15, -0.1) is 0 Å². The second kappa shape index (κ2) is 10.3. The number of pyridine rings is 1. The van der Waals surface area contributed by atoms with E-state index < -0.39 is 21.8 Å². The lowest BCUT2D eigenvalue weighted by molar-refractivity contribution is -0.137. The van der Waals surface area contributed by atoms with Crippen LogP contribution in [0.2, 0.25) is 5.15 Å². The average molecular weight is 573 g/mol. The first-order chi connectivity index (χ1) is 18.0. The number of rotatable bonds is 6. The van der Waals surface area contributed by atoms with Crippen molar-refractivity contribution in [2.24, 2.45) is 11.7 Å². The van der Waals surface area contributed by atoms with E-state index in [1.165, 1.54) is 16.4 Å². The number of likely N-dealkylation sites (tertiary alicyclic amines) is 1. The van der Waals surface area contributed by atoms with E-state index in [-0.39, 0.29) is 54.0 Å². The van der Waals surface area contributed by atoms with Crippen LogP contribution in [-0.2, 0) is 21.0 Å². The molecule has 0 spiro atoms. The average Bonchev–Trinajstić information content (AvgIpc) is 3.23. The molecule has 0 radical (unpaired) electrons. The van der Waals surface area contributed by atoms with E-state index in [1.54, 1.807) is 21.9 Å². The predicted molar refractivity (Wildman–Crippen MR) is 137 cm³/mol. The zero-order valence-corrected chi connectivity index (χ0v) is 22.0. The lowest BCUT2D eigenvalue weighted by Crippen LogP contribution is -2.55. The van der Waals surface area contributed by atoms with Crippen LogP contribution in [0.25, 0.3) is 0 Å². The molecule has 3 saturated heterocycles. The first kappa shape index (κ1) is 27.1. The molecule has 1 aromatic heterocycles. The maximum absolute atomic E-state index is 13.2. The molecule has 0 saturated carbocycles. The molecule has 1 aromatic carbocycles. The van der Waals surface area contributed by atoms with Crippen molar-refractivity contribution in [3.05, 3.63) is 47.1 Å². The quantitative estimate of drug-likeness (QED) is 0.530. The number of anilines is 2. The summed E-state index contributed by atoms with van der Waals surface area (Å²) in [4.78, 5) is 22.2. The third-order valence-corrected chi connectivity index (χ3v) is 9.50. The van der Waals surface area contributed by atoms with Crippen molar-refractivity contribution in [1.82, 2.24) is 14.2 Å². The number of halogens is 4. The third kappa shape index (κ3) is 5.34. The summed E-state index contributed by atoms with van der Waals surface area (Å²) < 4.78 is 67.2. The Hall–Kier alpha value is -2.45. The van der Waals surface area contributed by atoms with E-state index in [9.17, 15) is 26.4 Å². The number of alkyl halides is 3. The predicted octanol–water partition coefficient (Wildman–Crippen LogP) is 2.26. The molecule has 2 N–H and O–H groups in total. The molecule has 9 nitrogen and oxygen atoms in total. The summed E-state index contributed by atoms with van der Waals surface area (Å²) in [6, 6.07) is 8.05. The maximum Gasteiger partial charge on any atom is 0.416 e. The maximum atomic E-state index is 13.2. The van der Waals surface area contributed by atoms with E-state index in [0.29, 0.717) is 31.1 Å². The Balaban J connectivity index is 1.22. The molecule has 206 valence electrons. The Morgan fingerprint density at radius 3 is 2.29 bits per heavy atom. The summed E-state index contributed by atoms with van der Waals surface area (Å²) in [6.07, 6.45) is -4.14. The van der Waals surface area contributed by atoms with Gasteiger partial charge in [0.15, 0.2) is 0 Å². The highest BCUT2D eigenvalue weighted by molar-refractivity contribution is 7.89. The summed E-state index contributed by atoms with van der Waals surface area (Å²) >= 11 is 5.80. The molecule has 0 aliphatic carbocycles. The van der Waals surface area contributed by atoms with Crippen LogP contribution >= 0.6 is 11.6 Å². The molecule has 1 unspecified atom stereocenters. The molecule has 3 fully saturated rings. The highest BCUT2D eigenvalue weighted by Gasteiger charge is 2.39. The van der Waals surface area contributed by atoms with Crippen LogP contribution in [0.4, 0.5) is 24.7 Å². The van der Waals surface area contributed by atoms with Crippen LogP contribution in [0.15, 0.2) is 41.3 Å². The van der Waals surface area contributed by atoms with E-state index in [2.05, 4.69) is 9.88 Å². The van der Waals surface area contributed by atoms with Crippen molar-refractivity contribution in [1.29, 1.82) is 0 Å². The van der Waals surface area contributed by atoms with Gasteiger partial charge < -0.3 is 15.5 Å². The molecular weight excluding hydrogens is 545 g/mol. The number of aromatic nitrogens is 1. The molecule has 3 aliphatic heterocycles. The van der Waals surface area contributed by atoms with E-state index in [1.807, 2.05) is 0 Å². The van der Waals surface area contributed by atoms with Crippen LogP contribution in [0.3, 0.4) is 0 Å². The molecule has 4 heterocycles. The third-order valence-electron chi connectivity index (χ3n) is 7.40. The van der Waals surface area contributed by atoms with Gasteiger partial charge in [-0.25, -0.2) is 13.4 Å². The Morgan fingerprint density at radius 2 is 1.68 bits per heavy atom. The molecule has 2 aromatic rings. The molecule has 1 atom stereocenters. The number of amides is 1. The molecular formula is C24H28ClF3N6O3S. The van der Waals surface area contributed by atoms with Gasteiger partial charge in [0.25, 0.3) is 0 Å². The number of carbonyl (C=O) groups is 1. The number of sulfonamides is 1. The summed E-state index contributed by atoms with van der Waals surface area (Å²) in [7, 11) is -3.83. The number of nitrogens with zero attached hydrogens (tertiary/aromatic N) is 5. The van der Waals surface area contributed by atoms with Crippen molar-refractivity contribution in [3.8, 4) is 0 Å². The van der Waals surface area contributed by atoms with Crippen LogP contribution in [0.5, 0.6) is 0 Å². The van der Waals surface area contributed by atoms with Crippen molar-refractivity contribution in [2.45, 2.75) is 23.5 Å². The second-order valence-electron chi connectivity index (χ2n) is 9.84. The zero-order chi connectivity index (χ0) is 27.2. The van der Waals surface area contributed by atoms with Gasteiger partial charge in [-0.3, -0.25) is 9.69 Å². The number of benzene rings is 1. The minimum Gasteiger partial charge on any atom is -0.354 e. The Labute approximate surface area is 224 Å². The van der Waals surface area contributed by atoms with Gasteiger partial charge in [0.05, 0.1) is 10.5 Å². The van der Waals surface area contributed by atoms with Crippen LogP contribution < -0.4 is 15.5 Å². The normalized spacial score (nSPS) is 22.2. The minimum absolute atomic E-state index is 0.00114. The Kier molecular flexibility index (Phi) is 7.33. The first-order valence-electron chi connectivity index (χ1n) is 12.3. The van der Waals surface area contributed by atoms with Gasteiger partial charge in [-0.2, -0.15) is 17.5 Å². The van der Waals surface area contributed by atoms with Gasteiger partial charge in [0.2, 0.25) is 15.9 Å². The summed E-state index contributed by atoms with van der Waals surface area (Å²) in [5, 5.41) is -0.280. The van der Waals surface area contributed by atoms with E-state index in [4.69, 9.17) is 17.3 Å². The number of hydrogen-bond donors (Lipinski definition) is 1. The SMILES string of the molecule is NCC1CN(C2CC(=O)N(c3ccc(S(=O)(=O)N4CCN(c5cc(C(F)(F)F)cc(Cl)n5)CC4)cc3)C2)C1. The minimum atomic E-state index is -4.57. The smallest absolute Gasteiger partial charge is 0.354 e. The largest absolute Gasteiger partial charge is 0.416 e. The van der Waals surface area contributed by atoms with Crippen LogP contribution in [0.1, 0.15) is 12.0 Å². The van der Waals surface area contributed by atoms with Crippen molar-refractivity contribution in [2.75, 3.05) is 62.2 Å². The molecule has 1 amide bonds. The van der Waals surface area contributed by atoms with Crippen LogP contribution in [-0.4, -0.2) is 86.9 Å². The standard InChI is InChI=1S/C24H28ClF3N6O3S/c25-21-9-17(24(26,27)28)10-22(30-21)31-5-7-33(8-6-31)38(36,37)20-3-1-18(2-4-20)34-15-19(11-23(34)35)32-13-16(12-29)14-32/h1-4,9-10,16,19H,5-8,11-15,29H2. The number of carbonyl (C=O) groups excluding carboxylic acids is 1. The highest BCUT2D eigenvalue weighted by atomic mass is 35.5. The van der Waals surface area contributed by atoms with Gasteiger partial charge in [0.1, 0.15) is 11.0 Å². The summed E-state index contributed by atoms with van der Waals surface area (Å²) in [5.74, 6) is 0.530. The molecule has 38 heavy (non-hydrogen) atoms. The van der Waals surface area contributed by atoms with Gasteiger partial charge >= 0.3 is 6.18 Å². The number of piperazine rings is 1. The fourth-order valence-electron chi connectivity index (χ4n) is 5.15. The highest BCUT2D eigenvalue weighted by Crippen LogP contribution is 2.34. The van der Waals surface area contributed by atoms with Crippen LogP contribution in [0, 0.1) is 5.92 Å². The monoisotopic (exact) mass is 572 g/mol. The lowest BCUT2D eigenvalue weighted by Gasteiger charge is -2.42. The van der Waals surface area contributed by atoms with E-state index in [0.717, 1.165) is 25.2 Å². The summed E-state index contributed by atoms with van der Waals surface area (Å²) in [6.45, 7) is 3.45. The zero-order valence-electron chi connectivity index (χ0n) is 20.4. The van der Waals surface area contributed by atoms with Gasteiger partial charge in [-0.1, -0.05) is 11.6 Å². The first-order valence-corrected chi connectivity index (χ1v) is 14.1. The number of nitrogens with two attached hydrogens (primary N) is 1. The Morgan fingerprint density at radius 1 is 1.03 bits per heavy atom. The number of hydrogen-bond acceptors (Lipinski definition) is 7. The Bertz CT molecular complexity index is 1300. The fourth-order valence-corrected chi connectivity index (χ4v) is 6.78.